The zero-order valence-electron chi connectivity index (χ0n) is 28.6. The Hall–Kier alpha value is -6.45. The molecule has 2 heterocycles. The molecule has 0 N–H and O–H groups in total. The summed E-state index contributed by atoms with van der Waals surface area (Å²) < 4.78 is 0. The molecule has 1 aliphatic rings. The Morgan fingerprint density at radius 3 is 1.61 bits per heavy atom. The Morgan fingerprint density at radius 2 is 0.902 bits per heavy atom. The Morgan fingerprint density at radius 1 is 0.373 bits per heavy atom. The summed E-state index contributed by atoms with van der Waals surface area (Å²) in [7, 11) is 0. The van der Waals surface area contributed by atoms with Crippen LogP contribution in [0, 0.1) is 0 Å². The first-order valence-corrected chi connectivity index (χ1v) is 17.4. The van der Waals surface area contributed by atoms with Crippen LogP contribution in [0.15, 0.2) is 176 Å². The van der Waals surface area contributed by atoms with Gasteiger partial charge in [0.2, 0.25) is 0 Å². The monoisotopic (exact) mass is 653 g/mol. The van der Waals surface area contributed by atoms with Crippen LogP contribution >= 0.6 is 0 Å². The van der Waals surface area contributed by atoms with E-state index in [1.165, 1.54) is 33.4 Å². The van der Waals surface area contributed by atoms with Gasteiger partial charge < -0.3 is 0 Å². The normalized spacial score (nSPS) is 12.7. The number of aromatic nitrogens is 3. The number of benzene rings is 6. The lowest BCUT2D eigenvalue weighted by Gasteiger charge is -2.22. The van der Waals surface area contributed by atoms with Crippen LogP contribution in [-0.2, 0) is 5.41 Å². The molecule has 0 aliphatic heterocycles. The summed E-state index contributed by atoms with van der Waals surface area (Å²) in [6.45, 7) is 4.66. The van der Waals surface area contributed by atoms with Gasteiger partial charge in [0, 0.05) is 34.5 Å². The van der Waals surface area contributed by atoms with E-state index in [0.717, 1.165) is 50.3 Å². The molecule has 0 saturated carbocycles. The highest BCUT2D eigenvalue weighted by molar-refractivity contribution is 5.84. The lowest BCUT2D eigenvalue weighted by molar-refractivity contribution is 0.660. The van der Waals surface area contributed by atoms with Crippen LogP contribution in [0.2, 0.25) is 0 Å². The second-order valence-electron chi connectivity index (χ2n) is 13.7. The molecule has 3 nitrogen and oxygen atoms in total. The quantitative estimate of drug-likeness (QED) is 0.179. The van der Waals surface area contributed by atoms with Gasteiger partial charge >= 0.3 is 0 Å². The van der Waals surface area contributed by atoms with E-state index in [4.69, 9.17) is 9.97 Å². The minimum atomic E-state index is -0.0381. The Kier molecular flexibility index (Phi) is 7.48. The second-order valence-corrected chi connectivity index (χ2v) is 13.7. The molecule has 0 unspecified atom stereocenters. The van der Waals surface area contributed by atoms with Crippen molar-refractivity contribution in [1.82, 2.24) is 15.0 Å². The van der Waals surface area contributed by atoms with Crippen molar-refractivity contribution in [2.75, 3.05) is 0 Å². The Bertz CT molecular complexity index is 2520. The van der Waals surface area contributed by atoms with Crippen LogP contribution in [0.5, 0.6) is 0 Å². The van der Waals surface area contributed by atoms with Crippen LogP contribution in [0.3, 0.4) is 0 Å². The van der Waals surface area contributed by atoms with Gasteiger partial charge in [0.1, 0.15) is 0 Å². The number of hydrogen-bond donors (Lipinski definition) is 0. The summed E-state index contributed by atoms with van der Waals surface area (Å²) in [6, 6.07) is 58.1. The predicted octanol–water partition coefficient (Wildman–Crippen LogP) is 12.2. The van der Waals surface area contributed by atoms with Crippen molar-refractivity contribution in [1.29, 1.82) is 0 Å². The molecule has 0 fully saturated rings. The minimum Gasteiger partial charge on any atom is -0.264 e. The molecule has 2 aromatic heterocycles. The van der Waals surface area contributed by atoms with Crippen molar-refractivity contribution in [2.45, 2.75) is 19.3 Å². The molecule has 242 valence electrons. The zero-order chi connectivity index (χ0) is 34.4. The number of hydrogen-bond acceptors (Lipinski definition) is 3. The molecule has 0 atom stereocenters. The molecule has 0 radical (unpaired) electrons. The molecule has 51 heavy (non-hydrogen) atoms. The number of rotatable bonds is 6. The maximum atomic E-state index is 5.17. The van der Waals surface area contributed by atoms with E-state index in [1.807, 2.05) is 18.3 Å². The molecular formula is C48H35N3. The summed E-state index contributed by atoms with van der Waals surface area (Å²) in [5.74, 6) is 0.695. The Labute approximate surface area is 299 Å². The SMILES string of the molecule is CC1(C)c2ccccc2-c2ccc(-c3ccc(-c4cc(-c5ccc(-c6cccnc6)cc5)nc(-c5cccc(-c6ccccc6)c5)n4)cc3)cc21. The largest absolute Gasteiger partial charge is 0.264 e. The number of fused-ring (bicyclic) bond motifs is 3. The molecule has 9 rings (SSSR count). The van der Waals surface area contributed by atoms with E-state index in [1.54, 1.807) is 6.20 Å². The van der Waals surface area contributed by atoms with Gasteiger partial charge in [-0.1, -0.05) is 153 Å². The van der Waals surface area contributed by atoms with Crippen molar-refractivity contribution in [3.8, 4) is 78.4 Å². The summed E-state index contributed by atoms with van der Waals surface area (Å²) >= 11 is 0. The van der Waals surface area contributed by atoms with Crippen molar-refractivity contribution in [3.05, 3.63) is 187 Å². The smallest absolute Gasteiger partial charge is 0.160 e. The molecule has 0 amide bonds. The molecule has 6 aromatic carbocycles. The van der Waals surface area contributed by atoms with Gasteiger partial charge in [0.25, 0.3) is 0 Å². The van der Waals surface area contributed by atoms with E-state index in [2.05, 4.69) is 170 Å². The average Bonchev–Trinajstić information content (AvgIpc) is 3.44. The van der Waals surface area contributed by atoms with Crippen LogP contribution in [0.4, 0.5) is 0 Å². The number of nitrogens with zero attached hydrogens (tertiary/aromatic N) is 3. The van der Waals surface area contributed by atoms with Crippen LogP contribution in [0.1, 0.15) is 25.0 Å². The van der Waals surface area contributed by atoms with Crippen LogP contribution in [0.25, 0.3) is 78.4 Å². The second kappa shape index (κ2) is 12.5. The fourth-order valence-electron chi connectivity index (χ4n) is 7.42. The van der Waals surface area contributed by atoms with Gasteiger partial charge in [-0.15, -0.1) is 0 Å². The molecular weight excluding hydrogens is 619 g/mol. The van der Waals surface area contributed by atoms with Gasteiger partial charge in [-0.05, 0) is 79.9 Å². The Balaban J connectivity index is 1.10. The van der Waals surface area contributed by atoms with Gasteiger partial charge in [-0.3, -0.25) is 4.98 Å². The highest BCUT2D eigenvalue weighted by atomic mass is 14.9. The maximum absolute atomic E-state index is 5.17. The summed E-state index contributed by atoms with van der Waals surface area (Å²) in [5, 5.41) is 0. The third-order valence-corrected chi connectivity index (χ3v) is 10.2. The van der Waals surface area contributed by atoms with E-state index in [-0.39, 0.29) is 5.41 Å². The van der Waals surface area contributed by atoms with Gasteiger partial charge in [0.05, 0.1) is 11.4 Å². The standard InChI is InChI=1S/C48H35N3/c1-48(2)43-16-7-6-15-41(43)42-26-25-38(29-44(42)48)33-17-21-35(22-18-33)45-30-46(36-23-19-34(20-24-36)40-14-9-27-49-31-40)51-47(50-45)39-13-8-12-37(28-39)32-10-4-3-5-11-32/h3-31H,1-2H3. The topological polar surface area (TPSA) is 38.7 Å². The van der Waals surface area contributed by atoms with Crippen LogP contribution in [-0.4, -0.2) is 15.0 Å². The lowest BCUT2D eigenvalue weighted by atomic mass is 9.81. The first-order chi connectivity index (χ1) is 25.0. The lowest BCUT2D eigenvalue weighted by Crippen LogP contribution is -2.14. The highest BCUT2D eigenvalue weighted by Crippen LogP contribution is 2.49. The molecule has 0 saturated heterocycles. The molecule has 1 aliphatic carbocycles. The molecule has 3 heteroatoms. The van der Waals surface area contributed by atoms with Gasteiger partial charge in [0.15, 0.2) is 5.82 Å². The predicted molar refractivity (Wildman–Crippen MR) is 210 cm³/mol. The van der Waals surface area contributed by atoms with Crippen molar-refractivity contribution < 1.29 is 0 Å². The van der Waals surface area contributed by atoms with Gasteiger partial charge in [-0.2, -0.15) is 0 Å². The van der Waals surface area contributed by atoms with E-state index < -0.39 is 0 Å². The first-order valence-electron chi connectivity index (χ1n) is 17.4. The molecule has 0 spiro atoms. The van der Waals surface area contributed by atoms with E-state index in [9.17, 15) is 0 Å². The van der Waals surface area contributed by atoms with Crippen molar-refractivity contribution in [3.63, 3.8) is 0 Å². The minimum absolute atomic E-state index is 0.0381. The van der Waals surface area contributed by atoms with Crippen LogP contribution < -0.4 is 0 Å². The molecule has 8 aromatic rings. The maximum Gasteiger partial charge on any atom is 0.160 e. The van der Waals surface area contributed by atoms with Gasteiger partial charge in [-0.25, -0.2) is 9.97 Å². The highest BCUT2D eigenvalue weighted by Gasteiger charge is 2.35. The summed E-state index contributed by atoms with van der Waals surface area (Å²) in [6.07, 6.45) is 3.69. The third kappa shape index (κ3) is 5.63. The van der Waals surface area contributed by atoms with E-state index in [0.29, 0.717) is 5.82 Å². The summed E-state index contributed by atoms with van der Waals surface area (Å²) in [5.41, 5.74) is 17.1. The fraction of sp³-hybridized carbons (Fsp3) is 0.0625. The fourth-order valence-corrected chi connectivity index (χ4v) is 7.42. The van der Waals surface area contributed by atoms with Crippen molar-refractivity contribution >= 4 is 0 Å². The van der Waals surface area contributed by atoms with E-state index >= 15 is 0 Å². The zero-order valence-corrected chi connectivity index (χ0v) is 28.6. The molecule has 0 bridgehead atoms. The third-order valence-electron chi connectivity index (χ3n) is 10.2. The summed E-state index contributed by atoms with van der Waals surface area (Å²) in [4.78, 5) is 14.6. The number of pyridine rings is 1. The first kappa shape index (κ1) is 30.6. The average molecular weight is 654 g/mol. The van der Waals surface area contributed by atoms with Crippen molar-refractivity contribution in [2.24, 2.45) is 0 Å².